The Kier molecular flexibility index (Phi) is 6.00. The summed E-state index contributed by atoms with van der Waals surface area (Å²) in [4.78, 5) is 34.5. The standard InChI is InChI=1S/C24H21ClN4O2/c1-16-6-12-19(13-7-16)26-24(31)29(14-17-8-10-18(25)11-9-17)15-22-27-21-5-3-2-4-20(21)23(30)28-22/h2-13H,14-15H2,1H3,(H,26,31)(H,27,28,30). The first-order valence-corrected chi connectivity index (χ1v) is 10.2. The maximum atomic E-state index is 13.1. The molecule has 2 amide bonds. The lowest BCUT2D eigenvalue weighted by Gasteiger charge is -2.23. The molecule has 4 rings (SSSR count). The lowest BCUT2D eigenvalue weighted by Crippen LogP contribution is -2.35. The molecule has 156 valence electrons. The number of anilines is 1. The van der Waals surface area contributed by atoms with Crippen LogP contribution in [0.2, 0.25) is 5.02 Å². The van der Waals surface area contributed by atoms with Crippen molar-refractivity contribution in [1.29, 1.82) is 0 Å². The number of nitrogens with one attached hydrogen (secondary N) is 2. The third kappa shape index (κ3) is 5.10. The van der Waals surface area contributed by atoms with Gasteiger partial charge in [-0.05, 0) is 48.9 Å². The molecule has 3 aromatic carbocycles. The number of amides is 2. The van der Waals surface area contributed by atoms with Crippen LogP contribution in [0.3, 0.4) is 0 Å². The van der Waals surface area contributed by atoms with E-state index in [-0.39, 0.29) is 18.1 Å². The number of fused-ring (bicyclic) bond motifs is 1. The summed E-state index contributed by atoms with van der Waals surface area (Å²) in [5.41, 5.74) is 3.06. The fourth-order valence-electron chi connectivity index (χ4n) is 3.24. The first-order valence-electron chi connectivity index (χ1n) is 9.83. The van der Waals surface area contributed by atoms with E-state index in [0.29, 0.717) is 34.0 Å². The molecule has 1 aromatic heterocycles. The van der Waals surface area contributed by atoms with Crippen molar-refractivity contribution in [3.63, 3.8) is 0 Å². The Hall–Kier alpha value is -3.64. The van der Waals surface area contributed by atoms with Gasteiger partial charge >= 0.3 is 6.03 Å². The van der Waals surface area contributed by atoms with E-state index in [1.54, 1.807) is 35.2 Å². The normalized spacial score (nSPS) is 10.8. The van der Waals surface area contributed by atoms with Gasteiger partial charge in [-0.25, -0.2) is 9.78 Å². The van der Waals surface area contributed by atoms with Crippen molar-refractivity contribution in [2.24, 2.45) is 0 Å². The van der Waals surface area contributed by atoms with Gasteiger partial charge < -0.3 is 15.2 Å². The molecular formula is C24H21ClN4O2. The minimum Gasteiger partial charge on any atom is -0.313 e. The molecule has 31 heavy (non-hydrogen) atoms. The molecule has 0 saturated heterocycles. The minimum atomic E-state index is -0.297. The monoisotopic (exact) mass is 432 g/mol. The topological polar surface area (TPSA) is 78.1 Å². The van der Waals surface area contributed by atoms with Gasteiger partial charge in [-0.3, -0.25) is 4.79 Å². The van der Waals surface area contributed by atoms with Gasteiger partial charge in [-0.1, -0.05) is 53.6 Å². The summed E-state index contributed by atoms with van der Waals surface area (Å²) in [6, 6.07) is 21.7. The zero-order valence-corrected chi connectivity index (χ0v) is 17.7. The van der Waals surface area contributed by atoms with E-state index in [2.05, 4.69) is 15.3 Å². The number of hydrogen-bond acceptors (Lipinski definition) is 3. The lowest BCUT2D eigenvalue weighted by atomic mass is 10.2. The number of carbonyl (C=O) groups is 1. The lowest BCUT2D eigenvalue weighted by molar-refractivity contribution is 0.205. The Labute approximate surface area is 184 Å². The van der Waals surface area contributed by atoms with Gasteiger partial charge in [0, 0.05) is 17.3 Å². The van der Waals surface area contributed by atoms with E-state index in [1.165, 1.54) is 0 Å². The fraction of sp³-hybridized carbons (Fsp3) is 0.125. The first-order chi connectivity index (χ1) is 15.0. The number of para-hydroxylation sites is 1. The van der Waals surface area contributed by atoms with E-state index in [9.17, 15) is 9.59 Å². The van der Waals surface area contributed by atoms with Crippen LogP contribution < -0.4 is 10.9 Å². The zero-order chi connectivity index (χ0) is 21.8. The van der Waals surface area contributed by atoms with E-state index < -0.39 is 0 Å². The highest BCUT2D eigenvalue weighted by molar-refractivity contribution is 6.30. The SMILES string of the molecule is Cc1ccc(NC(=O)N(Cc2ccc(Cl)cc2)Cc2nc3ccccc3c(=O)[nH]2)cc1. The maximum Gasteiger partial charge on any atom is 0.322 e. The Morgan fingerprint density at radius 3 is 2.45 bits per heavy atom. The Balaban J connectivity index is 1.62. The number of hydrogen-bond donors (Lipinski definition) is 2. The molecule has 0 aliphatic heterocycles. The molecular weight excluding hydrogens is 412 g/mol. The van der Waals surface area contributed by atoms with Crippen molar-refractivity contribution in [2.45, 2.75) is 20.0 Å². The first kappa shape index (κ1) is 20.6. The third-order valence-corrected chi connectivity index (χ3v) is 5.13. The van der Waals surface area contributed by atoms with Gasteiger partial charge in [0.05, 0.1) is 17.4 Å². The van der Waals surface area contributed by atoms with Crippen LogP contribution in [-0.4, -0.2) is 20.9 Å². The molecule has 7 heteroatoms. The molecule has 0 atom stereocenters. The van der Waals surface area contributed by atoms with Gasteiger partial charge in [0.1, 0.15) is 5.82 Å². The predicted octanol–water partition coefficient (Wildman–Crippen LogP) is 5.12. The molecule has 4 aromatic rings. The van der Waals surface area contributed by atoms with Crippen LogP contribution in [0.25, 0.3) is 10.9 Å². The van der Waals surface area contributed by atoms with Gasteiger partial charge in [0.15, 0.2) is 0 Å². The largest absolute Gasteiger partial charge is 0.322 e. The van der Waals surface area contributed by atoms with Gasteiger partial charge in [-0.2, -0.15) is 0 Å². The smallest absolute Gasteiger partial charge is 0.313 e. The number of carbonyl (C=O) groups excluding carboxylic acids is 1. The van der Waals surface area contributed by atoms with E-state index in [1.807, 2.05) is 49.4 Å². The molecule has 0 aliphatic carbocycles. The zero-order valence-electron chi connectivity index (χ0n) is 16.9. The van der Waals surface area contributed by atoms with Crippen molar-refractivity contribution in [3.05, 3.63) is 105 Å². The van der Waals surface area contributed by atoms with Gasteiger partial charge in [-0.15, -0.1) is 0 Å². The van der Waals surface area contributed by atoms with E-state index in [0.717, 1.165) is 11.1 Å². The predicted molar refractivity (Wildman–Crippen MR) is 123 cm³/mol. The maximum absolute atomic E-state index is 13.1. The van der Waals surface area contributed by atoms with Crippen LogP contribution in [0.15, 0.2) is 77.6 Å². The van der Waals surface area contributed by atoms with Crippen molar-refractivity contribution in [1.82, 2.24) is 14.9 Å². The number of aromatic amines is 1. The van der Waals surface area contributed by atoms with E-state index >= 15 is 0 Å². The van der Waals surface area contributed by atoms with Crippen molar-refractivity contribution < 1.29 is 4.79 Å². The Morgan fingerprint density at radius 2 is 1.71 bits per heavy atom. The highest BCUT2D eigenvalue weighted by atomic mass is 35.5. The number of nitrogens with zero attached hydrogens (tertiary/aromatic N) is 2. The average Bonchev–Trinajstić information content (AvgIpc) is 2.76. The van der Waals surface area contributed by atoms with Crippen LogP contribution >= 0.6 is 11.6 Å². The van der Waals surface area contributed by atoms with Crippen LogP contribution in [-0.2, 0) is 13.1 Å². The second-order valence-corrected chi connectivity index (χ2v) is 7.74. The summed E-state index contributed by atoms with van der Waals surface area (Å²) in [5.74, 6) is 0.414. The van der Waals surface area contributed by atoms with Crippen LogP contribution in [0.4, 0.5) is 10.5 Å². The third-order valence-electron chi connectivity index (χ3n) is 4.88. The highest BCUT2D eigenvalue weighted by Gasteiger charge is 2.17. The summed E-state index contributed by atoms with van der Waals surface area (Å²) in [7, 11) is 0. The summed E-state index contributed by atoms with van der Waals surface area (Å²) >= 11 is 5.99. The number of aryl methyl sites for hydroxylation is 1. The summed E-state index contributed by atoms with van der Waals surface area (Å²) in [6.07, 6.45) is 0. The molecule has 0 saturated carbocycles. The molecule has 0 spiro atoms. The van der Waals surface area contributed by atoms with Crippen molar-refractivity contribution in [3.8, 4) is 0 Å². The average molecular weight is 433 g/mol. The number of halogens is 1. The molecule has 0 unspecified atom stereocenters. The van der Waals surface area contributed by atoms with Crippen molar-refractivity contribution >= 4 is 34.2 Å². The number of urea groups is 1. The summed E-state index contributed by atoms with van der Waals surface area (Å²) < 4.78 is 0. The summed E-state index contributed by atoms with van der Waals surface area (Å²) in [6.45, 7) is 2.45. The number of H-pyrrole nitrogens is 1. The Morgan fingerprint density at radius 1 is 1.00 bits per heavy atom. The quantitative estimate of drug-likeness (QED) is 0.459. The fourth-order valence-corrected chi connectivity index (χ4v) is 3.37. The summed E-state index contributed by atoms with van der Waals surface area (Å²) in [5, 5.41) is 4.05. The number of aromatic nitrogens is 2. The second kappa shape index (κ2) is 9.02. The highest BCUT2D eigenvalue weighted by Crippen LogP contribution is 2.16. The molecule has 1 heterocycles. The molecule has 0 bridgehead atoms. The molecule has 6 nitrogen and oxygen atoms in total. The minimum absolute atomic E-state index is 0.139. The Bertz CT molecular complexity index is 1270. The van der Waals surface area contributed by atoms with Crippen LogP contribution in [0.1, 0.15) is 17.0 Å². The molecule has 0 aliphatic rings. The number of benzene rings is 3. The molecule has 0 radical (unpaired) electrons. The van der Waals surface area contributed by atoms with Crippen molar-refractivity contribution in [2.75, 3.05) is 5.32 Å². The van der Waals surface area contributed by atoms with Gasteiger partial charge in [0.25, 0.3) is 5.56 Å². The molecule has 2 N–H and O–H groups in total. The van der Waals surface area contributed by atoms with Crippen LogP contribution in [0, 0.1) is 6.92 Å². The number of rotatable bonds is 5. The van der Waals surface area contributed by atoms with Gasteiger partial charge in [0.2, 0.25) is 0 Å². The van der Waals surface area contributed by atoms with Crippen LogP contribution in [0.5, 0.6) is 0 Å². The van der Waals surface area contributed by atoms with E-state index in [4.69, 9.17) is 11.6 Å². The second-order valence-electron chi connectivity index (χ2n) is 7.31. The molecule has 0 fully saturated rings.